The highest BCUT2D eigenvalue weighted by atomic mass is 19.4. The monoisotopic (exact) mass is 196 g/mol. The Morgan fingerprint density at radius 3 is 2.54 bits per heavy atom. The molecule has 1 atom stereocenters. The number of nitrogens with two attached hydrogens (primary N) is 1. The summed E-state index contributed by atoms with van der Waals surface area (Å²) in [5, 5.41) is 1.35. The molecule has 78 valence electrons. The molecule has 2 nitrogen and oxygen atoms in total. The van der Waals surface area contributed by atoms with Crippen molar-refractivity contribution in [2.75, 3.05) is 6.54 Å². The molecular formula is C8H15F3N2. The maximum Gasteiger partial charge on any atom is 0.390 e. The fraction of sp³-hybridized carbons (Fsp3) is 1.00. The lowest BCUT2D eigenvalue weighted by Gasteiger charge is -2.25. The van der Waals surface area contributed by atoms with Crippen LogP contribution in [0.4, 0.5) is 13.2 Å². The minimum absolute atomic E-state index is 0.512. The van der Waals surface area contributed by atoms with Gasteiger partial charge in [0.25, 0.3) is 0 Å². The summed E-state index contributed by atoms with van der Waals surface area (Å²) >= 11 is 0. The highest BCUT2D eigenvalue weighted by Gasteiger charge is 2.34. The molecule has 0 spiro atoms. The van der Waals surface area contributed by atoms with Gasteiger partial charge in [0.05, 0.1) is 6.42 Å². The van der Waals surface area contributed by atoms with E-state index >= 15 is 0 Å². The first-order chi connectivity index (χ1) is 5.99. The van der Waals surface area contributed by atoms with Crippen molar-refractivity contribution in [2.24, 2.45) is 5.84 Å². The Bertz CT molecular complexity index is 158. The van der Waals surface area contributed by atoms with Gasteiger partial charge in [-0.1, -0.05) is 12.8 Å². The topological polar surface area (TPSA) is 29.3 Å². The van der Waals surface area contributed by atoms with Gasteiger partial charge in [-0.3, -0.25) is 5.84 Å². The third-order valence-corrected chi connectivity index (χ3v) is 2.39. The van der Waals surface area contributed by atoms with E-state index in [1.807, 2.05) is 0 Å². The summed E-state index contributed by atoms with van der Waals surface area (Å²) in [4.78, 5) is 0. The van der Waals surface area contributed by atoms with E-state index < -0.39 is 18.6 Å². The van der Waals surface area contributed by atoms with Crippen molar-refractivity contribution in [3.05, 3.63) is 0 Å². The molecule has 0 saturated carbocycles. The predicted octanol–water partition coefficient (Wildman–Crippen LogP) is 2.06. The van der Waals surface area contributed by atoms with Crippen molar-refractivity contribution in [3.8, 4) is 0 Å². The second-order valence-electron chi connectivity index (χ2n) is 3.56. The van der Waals surface area contributed by atoms with E-state index in [1.165, 1.54) is 5.01 Å². The largest absolute Gasteiger partial charge is 0.390 e. The van der Waals surface area contributed by atoms with Gasteiger partial charge in [0, 0.05) is 12.6 Å². The van der Waals surface area contributed by atoms with Crippen LogP contribution in [-0.4, -0.2) is 23.8 Å². The number of halogens is 3. The van der Waals surface area contributed by atoms with E-state index in [-0.39, 0.29) is 0 Å². The van der Waals surface area contributed by atoms with Crippen LogP contribution >= 0.6 is 0 Å². The van der Waals surface area contributed by atoms with E-state index in [0.717, 1.165) is 19.3 Å². The Morgan fingerprint density at radius 1 is 1.23 bits per heavy atom. The Balaban J connectivity index is 2.45. The Kier molecular flexibility index (Phi) is 3.55. The van der Waals surface area contributed by atoms with Crippen molar-refractivity contribution >= 4 is 0 Å². The first kappa shape index (κ1) is 10.8. The van der Waals surface area contributed by atoms with Crippen LogP contribution in [0.3, 0.4) is 0 Å². The molecule has 1 unspecified atom stereocenters. The highest BCUT2D eigenvalue weighted by molar-refractivity contribution is 4.74. The standard InChI is InChI=1S/C8H15F3N2/c9-8(10,11)6-7-4-2-1-3-5-13(7)12/h7H,1-6,12H2. The SMILES string of the molecule is NN1CCCCCC1CC(F)(F)F. The van der Waals surface area contributed by atoms with Crippen LogP contribution in [0.2, 0.25) is 0 Å². The van der Waals surface area contributed by atoms with E-state index in [4.69, 9.17) is 5.84 Å². The van der Waals surface area contributed by atoms with E-state index in [0.29, 0.717) is 13.0 Å². The minimum atomic E-state index is -4.09. The maximum absolute atomic E-state index is 12.1. The first-order valence-corrected chi connectivity index (χ1v) is 4.57. The molecule has 1 aliphatic rings. The van der Waals surface area contributed by atoms with Gasteiger partial charge < -0.3 is 0 Å². The molecule has 0 aliphatic carbocycles. The Hall–Kier alpha value is -0.290. The summed E-state index contributed by atoms with van der Waals surface area (Å²) in [7, 11) is 0. The molecule has 1 aliphatic heterocycles. The Labute approximate surface area is 75.9 Å². The third kappa shape index (κ3) is 3.95. The van der Waals surface area contributed by atoms with Gasteiger partial charge in [-0.2, -0.15) is 13.2 Å². The van der Waals surface area contributed by atoms with Gasteiger partial charge in [-0.15, -0.1) is 0 Å². The van der Waals surface area contributed by atoms with Gasteiger partial charge in [-0.25, -0.2) is 5.01 Å². The van der Waals surface area contributed by atoms with Crippen molar-refractivity contribution in [2.45, 2.75) is 44.3 Å². The molecule has 0 aromatic rings. The summed E-state index contributed by atoms with van der Waals surface area (Å²) in [5.41, 5.74) is 0. The van der Waals surface area contributed by atoms with Crippen LogP contribution in [0, 0.1) is 0 Å². The van der Waals surface area contributed by atoms with Crippen molar-refractivity contribution in [3.63, 3.8) is 0 Å². The smallest absolute Gasteiger partial charge is 0.269 e. The van der Waals surface area contributed by atoms with Crippen LogP contribution < -0.4 is 5.84 Å². The molecule has 1 saturated heterocycles. The van der Waals surface area contributed by atoms with Gasteiger partial charge in [0.1, 0.15) is 0 Å². The highest BCUT2D eigenvalue weighted by Crippen LogP contribution is 2.27. The summed E-state index contributed by atoms with van der Waals surface area (Å²) < 4.78 is 36.2. The second kappa shape index (κ2) is 4.28. The first-order valence-electron chi connectivity index (χ1n) is 4.57. The Morgan fingerprint density at radius 2 is 1.92 bits per heavy atom. The van der Waals surface area contributed by atoms with Crippen molar-refractivity contribution < 1.29 is 13.2 Å². The zero-order valence-electron chi connectivity index (χ0n) is 7.48. The van der Waals surface area contributed by atoms with E-state index in [9.17, 15) is 13.2 Å². The summed E-state index contributed by atoms with van der Waals surface area (Å²) in [6.07, 6.45) is -1.55. The molecule has 0 radical (unpaired) electrons. The molecule has 0 aromatic carbocycles. The summed E-state index contributed by atoms with van der Waals surface area (Å²) in [6, 6.07) is -0.512. The van der Waals surface area contributed by atoms with Crippen LogP contribution in [-0.2, 0) is 0 Å². The summed E-state index contributed by atoms with van der Waals surface area (Å²) in [5.74, 6) is 5.52. The molecule has 0 aromatic heterocycles. The van der Waals surface area contributed by atoms with Crippen LogP contribution in [0.25, 0.3) is 0 Å². The molecule has 1 rings (SSSR count). The summed E-state index contributed by atoms with van der Waals surface area (Å²) in [6.45, 7) is 0.584. The normalized spacial score (nSPS) is 27.2. The molecule has 13 heavy (non-hydrogen) atoms. The van der Waals surface area contributed by atoms with Gasteiger partial charge in [0.15, 0.2) is 0 Å². The minimum Gasteiger partial charge on any atom is -0.269 e. The average molecular weight is 196 g/mol. The van der Waals surface area contributed by atoms with Crippen molar-refractivity contribution in [1.29, 1.82) is 0 Å². The fourth-order valence-corrected chi connectivity index (χ4v) is 1.69. The zero-order valence-corrected chi connectivity index (χ0v) is 7.48. The van der Waals surface area contributed by atoms with Crippen LogP contribution in [0.1, 0.15) is 32.1 Å². The molecule has 1 fully saturated rings. The lowest BCUT2D eigenvalue weighted by Crippen LogP contribution is -2.42. The van der Waals surface area contributed by atoms with Gasteiger partial charge >= 0.3 is 6.18 Å². The van der Waals surface area contributed by atoms with Crippen LogP contribution in [0.15, 0.2) is 0 Å². The second-order valence-corrected chi connectivity index (χ2v) is 3.56. The molecule has 2 N–H and O–H groups in total. The fourth-order valence-electron chi connectivity index (χ4n) is 1.69. The van der Waals surface area contributed by atoms with Crippen LogP contribution in [0.5, 0.6) is 0 Å². The molecule has 0 amide bonds. The number of alkyl halides is 3. The maximum atomic E-state index is 12.1. The molecule has 5 heteroatoms. The average Bonchev–Trinajstić information content (AvgIpc) is 2.14. The van der Waals surface area contributed by atoms with Crippen molar-refractivity contribution in [1.82, 2.24) is 5.01 Å². The van der Waals surface area contributed by atoms with E-state index in [1.54, 1.807) is 0 Å². The molecular weight excluding hydrogens is 181 g/mol. The molecule has 0 bridgehead atoms. The number of rotatable bonds is 1. The zero-order chi connectivity index (χ0) is 9.90. The third-order valence-electron chi connectivity index (χ3n) is 2.39. The quantitative estimate of drug-likeness (QED) is 0.650. The van der Waals surface area contributed by atoms with Gasteiger partial charge in [0.2, 0.25) is 0 Å². The van der Waals surface area contributed by atoms with E-state index in [2.05, 4.69) is 0 Å². The number of hydrogen-bond donors (Lipinski definition) is 1. The molecule has 1 heterocycles. The lowest BCUT2D eigenvalue weighted by molar-refractivity contribution is -0.147. The number of nitrogens with zero attached hydrogens (tertiary/aromatic N) is 1. The number of hydrogen-bond acceptors (Lipinski definition) is 2. The lowest BCUT2D eigenvalue weighted by atomic mass is 10.1. The van der Waals surface area contributed by atoms with Gasteiger partial charge in [-0.05, 0) is 12.8 Å². The predicted molar refractivity (Wildman–Crippen MR) is 43.8 cm³/mol. The number of hydrazine groups is 1.